The van der Waals surface area contributed by atoms with Gasteiger partial charge >= 0.3 is 0 Å². The maximum Gasteiger partial charge on any atom is 0.126 e. The second-order valence-electron chi connectivity index (χ2n) is 5.15. The number of nitrogens with one attached hydrogen (secondary N) is 1. The molecule has 0 aliphatic heterocycles. The lowest BCUT2D eigenvalue weighted by molar-refractivity contribution is 0.266. The molecule has 0 amide bonds. The maximum atomic E-state index is 13.6. The Bertz CT molecular complexity index is 535. The van der Waals surface area contributed by atoms with E-state index in [1.807, 2.05) is 23.7 Å². The summed E-state index contributed by atoms with van der Waals surface area (Å²) in [5, 5.41) is 6.68. The zero-order valence-electron chi connectivity index (χ0n) is 10.8. The zero-order chi connectivity index (χ0) is 13.2. The number of aromatic nitrogens is 1. The average molecular weight is 276 g/mol. The smallest absolute Gasteiger partial charge is 0.126 e. The monoisotopic (exact) mass is 276 g/mol. The molecule has 0 saturated heterocycles. The summed E-state index contributed by atoms with van der Waals surface area (Å²) in [4.78, 5) is 4.31. The third-order valence-corrected chi connectivity index (χ3v) is 4.75. The molecule has 1 heterocycles. The first-order chi connectivity index (χ1) is 9.24. The molecule has 1 aromatic carbocycles. The fraction of sp³-hybridized carbons (Fsp3) is 0.400. The third-order valence-electron chi connectivity index (χ3n) is 3.79. The quantitative estimate of drug-likeness (QED) is 0.916. The van der Waals surface area contributed by atoms with E-state index in [9.17, 15) is 4.39 Å². The van der Waals surface area contributed by atoms with Crippen molar-refractivity contribution in [2.45, 2.75) is 37.8 Å². The highest BCUT2D eigenvalue weighted by atomic mass is 32.1. The first kappa shape index (κ1) is 12.8. The molecule has 1 atom stereocenters. The number of thiazole rings is 1. The molecule has 1 unspecified atom stereocenters. The van der Waals surface area contributed by atoms with Gasteiger partial charge in [-0.15, -0.1) is 11.3 Å². The van der Waals surface area contributed by atoms with Gasteiger partial charge in [-0.2, -0.15) is 0 Å². The van der Waals surface area contributed by atoms with Crippen molar-refractivity contribution in [3.63, 3.8) is 0 Å². The van der Waals surface area contributed by atoms with Crippen LogP contribution < -0.4 is 5.32 Å². The molecular formula is C15H17FN2S. The summed E-state index contributed by atoms with van der Waals surface area (Å²) in [6, 6.07) is 7.87. The van der Waals surface area contributed by atoms with E-state index in [4.69, 9.17) is 0 Å². The first-order valence-electron chi connectivity index (χ1n) is 6.64. The average Bonchev–Trinajstić information content (AvgIpc) is 2.88. The number of halogens is 1. The predicted octanol–water partition coefficient (Wildman–Crippen LogP) is 3.88. The molecule has 0 spiro atoms. The molecular weight excluding hydrogens is 259 g/mol. The second-order valence-corrected chi connectivity index (χ2v) is 6.07. The van der Waals surface area contributed by atoms with Gasteiger partial charge in [0, 0.05) is 17.6 Å². The minimum Gasteiger partial charge on any atom is -0.305 e. The molecule has 4 heteroatoms. The maximum absolute atomic E-state index is 13.6. The van der Waals surface area contributed by atoms with Crippen molar-refractivity contribution >= 4 is 11.3 Å². The van der Waals surface area contributed by atoms with Crippen LogP contribution in [0.4, 0.5) is 4.39 Å². The number of benzene rings is 1. The van der Waals surface area contributed by atoms with Crippen LogP contribution in [0.5, 0.6) is 0 Å². The number of hydrogen-bond acceptors (Lipinski definition) is 3. The predicted molar refractivity (Wildman–Crippen MR) is 75.8 cm³/mol. The summed E-state index contributed by atoms with van der Waals surface area (Å²) in [6.45, 7) is 2.13. The number of nitrogens with zero attached hydrogens (tertiary/aromatic N) is 1. The van der Waals surface area contributed by atoms with Crippen LogP contribution >= 0.6 is 11.3 Å². The van der Waals surface area contributed by atoms with Gasteiger partial charge in [0.05, 0.1) is 6.04 Å². The fourth-order valence-electron chi connectivity index (χ4n) is 2.69. The summed E-state index contributed by atoms with van der Waals surface area (Å²) in [5.41, 5.74) is 0.863. The van der Waals surface area contributed by atoms with Gasteiger partial charge in [0.1, 0.15) is 10.8 Å². The standard InChI is InChI=1S/C15H17FN2S/c1-10(15-17-6-7-19-15)18-12-8-11(9-12)13-4-2-3-5-14(13)16/h2-7,10-12,18H,8-9H2,1H3. The Labute approximate surface area is 116 Å². The van der Waals surface area contributed by atoms with Crippen LogP contribution in [0.15, 0.2) is 35.8 Å². The fourth-order valence-corrected chi connectivity index (χ4v) is 3.34. The normalized spacial score (nSPS) is 23.9. The van der Waals surface area contributed by atoms with E-state index >= 15 is 0 Å². The van der Waals surface area contributed by atoms with Crippen LogP contribution in [-0.4, -0.2) is 11.0 Å². The molecule has 1 aliphatic rings. The van der Waals surface area contributed by atoms with E-state index in [1.165, 1.54) is 0 Å². The van der Waals surface area contributed by atoms with Crippen molar-refractivity contribution in [1.29, 1.82) is 0 Å². The van der Waals surface area contributed by atoms with Crippen molar-refractivity contribution in [2.75, 3.05) is 0 Å². The van der Waals surface area contributed by atoms with Crippen LogP contribution in [0.3, 0.4) is 0 Å². The van der Waals surface area contributed by atoms with Gasteiger partial charge in [0.2, 0.25) is 0 Å². The number of hydrogen-bond donors (Lipinski definition) is 1. The van der Waals surface area contributed by atoms with Gasteiger partial charge < -0.3 is 5.32 Å². The summed E-state index contributed by atoms with van der Waals surface area (Å²) < 4.78 is 13.6. The molecule has 3 rings (SSSR count). The van der Waals surface area contributed by atoms with Crippen molar-refractivity contribution in [3.05, 3.63) is 52.2 Å². The molecule has 0 radical (unpaired) electrons. The summed E-state index contributed by atoms with van der Waals surface area (Å²) >= 11 is 1.67. The largest absolute Gasteiger partial charge is 0.305 e. The minimum absolute atomic E-state index is 0.0704. The molecule has 1 fully saturated rings. The zero-order valence-corrected chi connectivity index (χ0v) is 11.7. The Kier molecular flexibility index (Phi) is 3.62. The van der Waals surface area contributed by atoms with Crippen LogP contribution in [0, 0.1) is 5.82 Å². The van der Waals surface area contributed by atoms with Crippen molar-refractivity contribution in [2.24, 2.45) is 0 Å². The Balaban J connectivity index is 1.55. The molecule has 1 aromatic heterocycles. The molecule has 19 heavy (non-hydrogen) atoms. The SMILES string of the molecule is CC(NC1CC(c2ccccc2F)C1)c1nccs1. The third kappa shape index (κ3) is 2.69. The van der Waals surface area contributed by atoms with Gasteiger partial charge in [-0.05, 0) is 37.3 Å². The number of rotatable bonds is 4. The summed E-state index contributed by atoms with van der Waals surface area (Å²) in [6.07, 6.45) is 3.86. The van der Waals surface area contributed by atoms with Crippen LogP contribution in [0.25, 0.3) is 0 Å². The molecule has 2 nitrogen and oxygen atoms in total. The van der Waals surface area contributed by atoms with Crippen molar-refractivity contribution in [3.8, 4) is 0 Å². The summed E-state index contributed by atoms with van der Waals surface area (Å²) in [7, 11) is 0. The van der Waals surface area contributed by atoms with E-state index in [0.717, 1.165) is 23.4 Å². The lowest BCUT2D eigenvalue weighted by Gasteiger charge is -2.38. The highest BCUT2D eigenvalue weighted by Gasteiger charge is 2.32. The highest BCUT2D eigenvalue weighted by molar-refractivity contribution is 7.09. The molecule has 0 bridgehead atoms. The molecule has 1 N–H and O–H groups in total. The van der Waals surface area contributed by atoms with E-state index in [-0.39, 0.29) is 11.9 Å². The van der Waals surface area contributed by atoms with Gasteiger partial charge in [0.25, 0.3) is 0 Å². The van der Waals surface area contributed by atoms with E-state index in [1.54, 1.807) is 23.5 Å². The van der Waals surface area contributed by atoms with Crippen molar-refractivity contribution in [1.82, 2.24) is 10.3 Å². The van der Waals surface area contributed by atoms with E-state index < -0.39 is 0 Å². The Hall–Kier alpha value is -1.26. The van der Waals surface area contributed by atoms with E-state index in [0.29, 0.717) is 12.0 Å². The van der Waals surface area contributed by atoms with Gasteiger partial charge in [-0.25, -0.2) is 9.37 Å². The second kappa shape index (κ2) is 5.39. The summed E-state index contributed by atoms with van der Waals surface area (Å²) in [5.74, 6) is 0.293. The highest BCUT2D eigenvalue weighted by Crippen LogP contribution is 2.38. The molecule has 2 aromatic rings. The Morgan fingerprint density at radius 3 is 2.84 bits per heavy atom. The van der Waals surface area contributed by atoms with Crippen LogP contribution in [-0.2, 0) is 0 Å². The molecule has 1 saturated carbocycles. The van der Waals surface area contributed by atoms with Gasteiger partial charge in [-0.1, -0.05) is 18.2 Å². The minimum atomic E-state index is -0.0704. The van der Waals surface area contributed by atoms with E-state index in [2.05, 4.69) is 17.2 Å². The van der Waals surface area contributed by atoms with Crippen LogP contribution in [0.1, 0.15) is 42.3 Å². The lowest BCUT2D eigenvalue weighted by atomic mass is 9.75. The Morgan fingerprint density at radius 2 is 2.16 bits per heavy atom. The first-order valence-corrected chi connectivity index (χ1v) is 7.52. The van der Waals surface area contributed by atoms with Crippen molar-refractivity contribution < 1.29 is 4.39 Å². The molecule has 1 aliphatic carbocycles. The molecule has 100 valence electrons. The Morgan fingerprint density at radius 1 is 1.37 bits per heavy atom. The topological polar surface area (TPSA) is 24.9 Å². The van der Waals surface area contributed by atoms with Gasteiger partial charge in [0.15, 0.2) is 0 Å². The van der Waals surface area contributed by atoms with Gasteiger partial charge in [-0.3, -0.25) is 0 Å². The lowest BCUT2D eigenvalue weighted by Crippen LogP contribution is -2.41. The van der Waals surface area contributed by atoms with Crippen LogP contribution in [0.2, 0.25) is 0 Å².